The lowest BCUT2D eigenvalue weighted by Crippen LogP contribution is -2.29. The van der Waals surface area contributed by atoms with Gasteiger partial charge in [-0.2, -0.15) is 0 Å². The molecule has 1 rings (SSSR count). The van der Waals surface area contributed by atoms with Crippen LogP contribution in [0.2, 0.25) is 0 Å². The van der Waals surface area contributed by atoms with Crippen LogP contribution >= 0.6 is 0 Å². The first-order chi connectivity index (χ1) is 7.15. The van der Waals surface area contributed by atoms with Crippen molar-refractivity contribution in [1.82, 2.24) is 5.32 Å². The minimum Gasteiger partial charge on any atom is -0.353 e. The van der Waals surface area contributed by atoms with Gasteiger partial charge in [0.15, 0.2) is 5.78 Å². The van der Waals surface area contributed by atoms with Crippen molar-refractivity contribution in [2.24, 2.45) is 0 Å². The summed E-state index contributed by atoms with van der Waals surface area (Å²) in [5, 5.41) is 2.18. The van der Waals surface area contributed by atoms with Crippen molar-refractivity contribution in [1.29, 1.82) is 0 Å². The summed E-state index contributed by atoms with van der Waals surface area (Å²) in [5.74, 6) is -1.80. The van der Waals surface area contributed by atoms with Crippen molar-refractivity contribution in [3.05, 3.63) is 35.9 Å². The van der Waals surface area contributed by atoms with Gasteiger partial charge in [-0.3, -0.25) is 14.4 Å². The summed E-state index contributed by atoms with van der Waals surface area (Å²) < 4.78 is 0. The van der Waals surface area contributed by atoms with Crippen LogP contribution in [0.4, 0.5) is 0 Å². The van der Waals surface area contributed by atoms with E-state index in [1.165, 1.54) is 7.05 Å². The van der Waals surface area contributed by atoms with E-state index in [0.717, 1.165) is 0 Å². The number of hydrogen-bond donors (Lipinski definition) is 1. The number of rotatable bonds is 4. The van der Waals surface area contributed by atoms with Crippen LogP contribution in [0.1, 0.15) is 16.8 Å². The number of benzene rings is 1. The number of hydrogen-bond acceptors (Lipinski definition) is 3. The first-order valence-electron chi connectivity index (χ1n) is 4.48. The lowest BCUT2D eigenvalue weighted by molar-refractivity contribution is -0.137. The molecule has 0 aromatic heterocycles. The van der Waals surface area contributed by atoms with Crippen LogP contribution in [-0.4, -0.2) is 24.5 Å². The molecule has 15 heavy (non-hydrogen) atoms. The maximum Gasteiger partial charge on any atom is 0.287 e. The fourth-order valence-corrected chi connectivity index (χ4v) is 1.09. The smallest absolute Gasteiger partial charge is 0.287 e. The minimum absolute atomic E-state index is 0.343. The topological polar surface area (TPSA) is 63.2 Å². The molecule has 0 fully saturated rings. The zero-order chi connectivity index (χ0) is 11.3. The minimum atomic E-state index is -0.737. The van der Waals surface area contributed by atoms with Crippen molar-refractivity contribution in [2.45, 2.75) is 6.42 Å². The predicted octanol–water partition coefficient (Wildman–Crippen LogP) is 0.574. The highest BCUT2D eigenvalue weighted by atomic mass is 16.2. The number of likely N-dealkylation sites (N-methyl/N-ethyl adjacent to an activating group) is 1. The zero-order valence-electron chi connectivity index (χ0n) is 8.32. The lowest BCUT2D eigenvalue weighted by Gasteiger charge is -1.99. The first kappa shape index (κ1) is 11.1. The number of carbonyl (C=O) groups excluding carboxylic acids is 3. The third-order valence-corrected chi connectivity index (χ3v) is 1.90. The van der Waals surface area contributed by atoms with Gasteiger partial charge in [-0.15, -0.1) is 0 Å². The van der Waals surface area contributed by atoms with Crippen molar-refractivity contribution >= 4 is 17.5 Å². The Balaban J connectivity index is 2.65. The van der Waals surface area contributed by atoms with Crippen LogP contribution in [0.15, 0.2) is 30.3 Å². The van der Waals surface area contributed by atoms with Gasteiger partial charge in [0.25, 0.3) is 5.91 Å². The second kappa shape index (κ2) is 5.05. The van der Waals surface area contributed by atoms with Gasteiger partial charge in [0.2, 0.25) is 5.78 Å². The van der Waals surface area contributed by atoms with E-state index in [9.17, 15) is 14.4 Å². The Morgan fingerprint density at radius 1 is 1.13 bits per heavy atom. The van der Waals surface area contributed by atoms with Gasteiger partial charge in [-0.05, 0) is 0 Å². The summed E-state index contributed by atoms with van der Waals surface area (Å²) in [6, 6.07) is 8.41. The van der Waals surface area contributed by atoms with Gasteiger partial charge in [0.05, 0.1) is 6.42 Å². The van der Waals surface area contributed by atoms with Crippen molar-refractivity contribution in [3.8, 4) is 0 Å². The van der Waals surface area contributed by atoms with Crippen molar-refractivity contribution in [2.75, 3.05) is 7.05 Å². The quantitative estimate of drug-likeness (QED) is 0.444. The molecule has 4 nitrogen and oxygen atoms in total. The number of carbonyl (C=O) groups is 3. The van der Waals surface area contributed by atoms with Gasteiger partial charge in [-0.25, -0.2) is 0 Å². The lowest BCUT2D eigenvalue weighted by atomic mass is 10.1. The number of ketones is 2. The van der Waals surface area contributed by atoms with E-state index < -0.39 is 11.7 Å². The monoisotopic (exact) mass is 205 g/mol. The molecule has 0 unspecified atom stereocenters. The molecule has 0 aliphatic rings. The predicted molar refractivity (Wildman–Crippen MR) is 54.5 cm³/mol. The summed E-state index contributed by atoms with van der Waals surface area (Å²) in [6.07, 6.45) is -0.385. The highest BCUT2D eigenvalue weighted by Crippen LogP contribution is 2.03. The Kier molecular flexibility index (Phi) is 3.74. The van der Waals surface area contributed by atoms with E-state index in [4.69, 9.17) is 0 Å². The number of Topliss-reactive ketones (excluding diaryl/α,β-unsaturated/α-hetero) is 2. The third-order valence-electron chi connectivity index (χ3n) is 1.90. The van der Waals surface area contributed by atoms with Crippen LogP contribution in [0.3, 0.4) is 0 Å². The fourth-order valence-electron chi connectivity index (χ4n) is 1.09. The van der Waals surface area contributed by atoms with Crippen LogP contribution < -0.4 is 5.32 Å². The molecular formula is C11H11NO3. The third kappa shape index (κ3) is 3.02. The molecule has 0 aliphatic heterocycles. The SMILES string of the molecule is CNC(=O)C(=O)CC(=O)c1ccccc1. The molecular weight excluding hydrogens is 194 g/mol. The highest BCUT2D eigenvalue weighted by molar-refractivity contribution is 6.40. The largest absolute Gasteiger partial charge is 0.353 e. The zero-order valence-corrected chi connectivity index (χ0v) is 8.32. The second-order valence-corrected chi connectivity index (χ2v) is 2.97. The molecule has 4 heteroatoms. The summed E-state index contributed by atoms with van der Waals surface area (Å²) in [5.41, 5.74) is 0.440. The van der Waals surface area contributed by atoms with Gasteiger partial charge >= 0.3 is 0 Å². The Hall–Kier alpha value is -1.97. The highest BCUT2D eigenvalue weighted by Gasteiger charge is 2.16. The van der Waals surface area contributed by atoms with Crippen LogP contribution in [0.5, 0.6) is 0 Å². The van der Waals surface area contributed by atoms with Crippen LogP contribution in [0.25, 0.3) is 0 Å². The normalized spacial score (nSPS) is 9.40. The Morgan fingerprint density at radius 3 is 2.27 bits per heavy atom. The molecule has 1 aromatic rings. The van der Waals surface area contributed by atoms with Gasteiger partial charge in [0, 0.05) is 12.6 Å². The maximum atomic E-state index is 11.5. The molecule has 1 aromatic carbocycles. The Bertz CT molecular complexity index is 384. The van der Waals surface area contributed by atoms with E-state index in [1.807, 2.05) is 0 Å². The van der Waals surface area contributed by atoms with E-state index in [2.05, 4.69) is 5.32 Å². The van der Waals surface area contributed by atoms with E-state index in [1.54, 1.807) is 30.3 Å². The molecule has 1 amide bonds. The maximum absolute atomic E-state index is 11.5. The average molecular weight is 205 g/mol. The molecule has 0 radical (unpaired) electrons. The summed E-state index contributed by atoms with van der Waals surface area (Å²) in [7, 11) is 1.35. The summed E-state index contributed by atoms with van der Waals surface area (Å²) in [4.78, 5) is 33.5. The van der Waals surface area contributed by atoms with E-state index in [-0.39, 0.29) is 12.2 Å². The van der Waals surface area contributed by atoms with Gasteiger partial charge in [0.1, 0.15) is 0 Å². The molecule has 0 atom stereocenters. The van der Waals surface area contributed by atoms with Crippen LogP contribution in [0, 0.1) is 0 Å². The average Bonchev–Trinajstić information content (AvgIpc) is 2.29. The Morgan fingerprint density at radius 2 is 1.73 bits per heavy atom. The Labute approximate surface area is 87.3 Å². The van der Waals surface area contributed by atoms with E-state index in [0.29, 0.717) is 5.56 Å². The van der Waals surface area contributed by atoms with Crippen LogP contribution in [-0.2, 0) is 9.59 Å². The van der Waals surface area contributed by atoms with Gasteiger partial charge < -0.3 is 5.32 Å². The number of amides is 1. The molecule has 0 spiro atoms. The van der Waals surface area contributed by atoms with Crippen molar-refractivity contribution in [3.63, 3.8) is 0 Å². The van der Waals surface area contributed by atoms with Crippen molar-refractivity contribution < 1.29 is 14.4 Å². The molecule has 0 saturated heterocycles. The molecule has 0 saturated carbocycles. The molecule has 0 aliphatic carbocycles. The van der Waals surface area contributed by atoms with E-state index >= 15 is 0 Å². The summed E-state index contributed by atoms with van der Waals surface area (Å²) in [6.45, 7) is 0. The summed E-state index contributed by atoms with van der Waals surface area (Å²) >= 11 is 0. The molecule has 1 N–H and O–H groups in total. The first-order valence-corrected chi connectivity index (χ1v) is 4.48. The number of nitrogens with one attached hydrogen (secondary N) is 1. The van der Waals surface area contributed by atoms with Gasteiger partial charge in [-0.1, -0.05) is 30.3 Å². The molecule has 0 bridgehead atoms. The second-order valence-electron chi connectivity index (χ2n) is 2.97. The molecule has 78 valence electrons. The standard InChI is InChI=1S/C11H11NO3/c1-12-11(15)10(14)7-9(13)8-5-3-2-4-6-8/h2-6H,7H2,1H3,(H,12,15). The molecule has 0 heterocycles. The fraction of sp³-hybridized carbons (Fsp3) is 0.182.